The molecule has 2 aromatic carbocycles. The number of anilines is 1. The van der Waals surface area contributed by atoms with Crippen LogP contribution in [0.5, 0.6) is 11.5 Å². The standard InChI is InChI=1S/C23H25NO7S/c1-15(23(26)24-18-6-5-16-3-2-4-17(16)13-18)31-22(25)9-12-32(27,28)19-7-8-20-21(14-19)30-11-10-29-20/h5-8,13-15H,2-4,9-12H2,1H3,(H,24,26). The van der Waals surface area contributed by atoms with Gasteiger partial charge in [0.15, 0.2) is 27.4 Å². The van der Waals surface area contributed by atoms with E-state index in [1.807, 2.05) is 18.2 Å². The average molecular weight is 460 g/mol. The van der Waals surface area contributed by atoms with E-state index in [9.17, 15) is 18.0 Å². The van der Waals surface area contributed by atoms with E-state index >= 15 is 0 Å². The molecule has 4 rings (SSSR count). The molecule has 2 aliphatic rings. The fourth-order valence-corrected chi connectivity index (χ4v) is 4.99. The van der Waals surface area contributed by atoms with Crippen LogP contribution in [0.3, 0.4) is 0 Å². The molecule has 1 amide bonds. The number of nitrogens with one attached hydrogen (secondary N) is 1. The number of hydrogen-bond donors (Lipinski definition) is 1. The highest BCUT2D eigenvalue weighted by Gasteiger charge is 2.23. The highest BCUT2D eigenvalue weighted by atomic mass is 32.2. The monoisotopic (exact) mass is 459 g/mol. The first-order valence-corrected chi connectivity index (χ1v) is 12.2. The van der Waals surface area contributed by atoms with Crippen molar-refractivity contribution in [2.45, 2.75) is 43.6 Å². The summed E-state index contributed by atoms with van der Waals surface area (Å²) in [5, 5.41) is 2.74. The van der Waals surface area contributed by atoms with Gasteiger partial charge < -0.3 is 19.5 Å². The molecule has 0 saturated heterocycles. The van der Waals surface area contributed by atoms with Crippen molar-refractivity contribution in [3.8, 4) is 11.5 Å². The van der Waals surface area contributed by atoms with E-state index < -0.39 is 33.6 Å². The molecule has 1 atom stereocenters. The highest BCUT2D eigenvalue weighted by molar-refractivity contribution is 7.91. The molecule has 1 aliphatic carbocycles. The normalized spacial score (nSPS) is 15.5. The van der Waals surface area contributed by atoms with E-state index in [1.54, 1.807) is 0 Å². The van der Waals surface area contributed by atoms with Gasteiger partial charge in [0.25, 0.3) is 5.91 Å². The van der Waals surface area contributed by atoms with E-state index in [1.165, 1.54) is 36.2 Å². The first kappa shape index (κ1) is 22.1. The SMILES string of the molecule is CC(OC(=O)CCS(=O)(=O)c1ccc2c(c1)OCCO2)C(=O)Nc1ccc2c(c1)CCC2. The highest BCUT2D eigenvalue weighted by Crippen LogP contribution is 2.32. The summed E-state index contributed by atoms with van der Waals surface area (Å²) in [6.07, 6.45) is 1.73. The number of esters is 1. The van der Waals surface area contributed by atoms with Crippen molar-refractivity contribution in [2.75, 3.05) is 24.3 Å². The van der Waals surface area contributed by atoms with Crippen LogP contribution < -0.4 is 14.8 Å². The Bertz CT molecular complexity index is 1140. The van der Waals surface area contributed by atoms with Crippen LogP contribution in [0.2, 0.25) is 0 Å². The number of amides is 1. The Kier molecular flexibility index (Phi) is 6.36. The number of carbonyl (C=O) groups is 2. The molecule has 1 unspecified atom stereocenters. The van der Waals surface area contributed by atoms with Gasteiger partial charge in [-0.2, -0.15) is 0 Å². The van der Waals surface area contributed by atoms with Gasteiger partial charge >= 0.3 is 5.97 Å². The fourth-order valence-electron chi connectivity index (χ4n) is 3.76. The maximum absolute atomic E-state index is 12.6. The van der Waals surface area contributed by atoms with Crippen molar-refractivity contribution in [3.63, 3.8) is 0 Å². The molecule has 1 N–H and O–H groups in total. The summed E-state index contributed by atoms with van der Waals surface area (Å²) in [6, 6.07) is 10.1. The molecule has 0 radical (unpaired) electrons. The maximum atomic E-state index is 12.6. The first-order chi connectivity index (χ1) is 15.3. The summed E-state index contributed by atoms with van der Waals surface area (Å²) in [5.41, 5.74) is 3.17. The van der Waals surface area contributed by atoms with Crippen molar-refractivity contribution in [2.24, 2.45) is 0 Å². The molecule has 0 bridgehead atoms. The summed E-state index contributed by atoms with van der Waals surface area (Å²) in [5.74, 6) is -0.826. The van der Waals surface area contributed by atoms with Gasteiger partial charge in [-0.3, -0.25) is 9.59 Å². The van der Waals surface area contributed by atoms with Crippen molar-refractivity contribution in [3.05, 3.63) is 47.5 Å². The number of rotatable bonds is 7. The summed E-state index contributed by atoms with van der Waals surface area (Å²) in [6.45, 7) is 2.20. The number of fused-ring (bicyclic) bond motifs is 2. The van der Waals surface area contributed by atoms with Gasteiger partial charge in [0.1, 0.15) is 13.2 Å². The number of hydrogen-bond acceptors (Lipinski definition) is 7. The van der Waals surface area contributed by atoms with Crippen molar-refractivity contribution >= 4 is 27.4 Å². The van der Waals surface area contributed by atoms with E-state index in [0.717, 1.165) is 19.3 Å². The minimum absolute atomic E-state index is 0.0388. The molecule has 0 fully saturated rings. The molecular weight excluding hydrogens is 434 g/mol. The average Bonchev–Trinajstić information content (AvgIpc) is 3.25. The smallest absolute Gasteiger partial charge is 0.307 e. The third kappa shape index (κ3) is 5.04. The Morgan fingerprint density at radius 3 is 2.59 bits per heavy atom. The van der Waals surface area contributed by atoms with Crippen molar-refractivity contribution < 1.29 is 32.2 Å². The van der Waals surface area contributed by atoms with Crippen LogP contribution in [0.25, 0.3) is 0 Å². The Labute approximate surface area is 186 Å². The molecule has 2 aromatic rings. The predicted octanol–water partition coefficient (Wildman–Crippen LogP) is 2.68. The number of sulfone groups is 1. The molecule has 170 valence electrons. The molecule has 32 heavy (non-hydrogen) atoms. The molecule has 0 spiro atoms. The largest absolute Gasteiger partial charge is 0.486 e. The molecule has 0 saturated carbocycles. The molecule has 0 aromatic heterocycles. The predicted molar refractivity (Wildman–Crippen MR) is 117 cm³/mol. The fraction of sp³-hybridized carbons (Fsp3) is 0.391. The molecule has 1 heterocycles. The van der Waals surface area contributed by atoms with Gasteiger partial charge in [0.2, 0.25) is 0 Å². The second kappa shape index (κ2) is 9.20. The van der Waals surface area contributed by atoms with Gasteiger partial charge in [-0.15, -0.1) is 0 Å². The van der Waals surface area contributed by atoms with Crippen LogP contribution in [0.15, 0.2) is 41.3 Å². The topological polar surface area (TPSA) is 108 Å². The second-order valence-electron chi connectivity index (χ2n) is 7.83. The number of carbonyl (C=O) groups excluding carboxylic acids is 2. The Hall–Kier alpha value is -3.07. The zero-order valence-electron chi connectivity index (χ0n) is 17.8. The minimum atomic E-state index is -3.74. The molecular formula is C23H25NO7S. The number of benzene rings is 2. The van der Waals surface area contributed by atoms with Crippen molar-refractivity contribution in [1.82, 2.24) is 0 Å². The van der Waals surface area contributed by atoms with Crippen LogP contribution in [0.4, 0.5) is 5.69 Å². The minimum Gasteiger partial charge on any atom is -0.486 e. The quantitative estimate of drug-likeness (QED) is 0.634. The first-order valence-electron chi connectivity index (χ1n) is 10.6. The van der Waals surface area contributed by atoms with Gasteiger partial charge in [0, 0.05) is 11.8 Å². The van der Waals surface area contributed by atoms with E-state index in [4.69, 9.17) is 14.2 Å². The summed E-state index contributed by atoms with van der Waals surface area (Å²) < 4.78 is 41.1. The maximum Gasteiger partial charge on any atom is 0.307 e. The van der Waals surface area contributed by atoms with Gasteiger partial charge in [0.05, 0.1) is 17.1 Å². The number of aryl methyl sites for hydroxylation is 2. The van der Waals surface area contributed by atoms with Gasteiger partial charge in [-0.25, -0.2) is 8.42 Å². The lowest BCUT2D eigenvalue weighted by molar-refractivity contribution is -0.152. The van der Waals surface area contributed by atoms with Crippen LogP contribution in [-0.2, 0) is 37.0 Å². The Morgan fingerprint density at radius 1 is 1.03 bits per heavy atom. The zero-order valence-corrected chi connectivity index (χ0v) is 18.6. The zero-order chi connectivity index (χ0) is 22.7. The van der Waals surface area contributed by atoms with Crippen LogP contribution in [-0.4, -0.2) is 45.4 Å². The van der Waals surface area contributed by atoms with E-state index in [0.29, 0.717) is 30.4 Å². The lowest BCUT2D eigenvalue weighted by Gasteiger charge is -2.18. The molecule has 9 heteroatoms. The van der Waals surface area contributed by atoms with Crippen LogP contribution >= 0.6 is 0 Å². The summed E-state index contributed by atoms with van der Waals surface area (Å²) >= 11 is 0. The van der Waals surface area contributed by atoms with E-state index in [-0.39, 0.29) is 11.3 Å². The van der Waals surface area contributed by atoms with Crippen LogP contribution in [0, 0.1) is 0 Å². The van der Waals surface area contributed by atoms with Crippen molar-refractivity contribution in [1.29, 1.82) is 0 Å². The summed E-state index contributed by atoms with van der Waals surface area (Å²) in [7, 11) is -3.74. The number of ether oxygens (including phenoxy) is 3. The summed E-state index contributed by atoms with van der Waals surface area (Å²) in [4.78, 5) is 24.6. The molecule has 8 nitrogen and oxygen atoms in total. The van der Waals surface area contributed by atoms with Crippen LogP contribution in [0.1, 0.15) is 30.9 Å². The van der Waals surface area contributed by atoms with Gasteiger partial charge in [-0.1, -0.05) is 6.07 Å². The lowest BCUT2D eigenvalue weighted by Crippen LogP contribution is -2.30. The lowest BCUT2D eigenvalue weighted by atomic mass is 10.1. The Morgan fingerprint density at radius 2 is 1.78 bits per heavy atom. The third-order valence-corrected chi connectivity index (χ3v) is 7.20. The third-order valence-electron chi connectivity index (χ3n) is 5.49. The van der Waals surface area contributed by atoms with Gasteiger partial charge in [-0.05, 0) is 61.6 Å². The Balaban J connectivity index is 1.29. The molecule has 1 aliphatic heterocycles. The van der Waals surface area contributed by atoms with E-state index in [2.05, 4.69) is 5.32 Å². The second-order valence-corrected chi connectivity index (χ2v) is 9.94.